The minimum atomic E-state index is 0.826. The van der Waals surface area contributed by atoms with Crippen LogP contribution in [0, 0.1) is 11.8 Å². The molecule has 0 aromatic heterocycles. The minimum absolute atomic E-state index is 0.826. The number of piperidine rings is 1. The lowest BCUT2D eigenvalue weighted by Gasteiger charge is -2.43. The average molecular weight is 250 g/mol. The molecule has 0 spiro atoms. The van der Waals surface area contributed by atoms with Gasteiger partial charge in [0.25, 0.3) is 0 Å². The summed E-state index contributed by atoms with van der Waals surface area (Å²) in [7, 11) is 0. The zero-order valence-electron chi connectivity index (χ0n) is 12.0. The zero-order valence-corrected chi connectivity index (χ0v) is 12.0. The van der Waals surface area contributed by atoms with Gasteiger partial charge in [0, 0.05) is 18.6 Å². The molecule has 1 aliphatic heterocycles. The van der Waals surface area contributed by atoms with Crippen LogP contribution in [0.15, 0.2) is 0 Å². The fourth-order valence-electron chi connectivity index (χ4n) is 4.43. The van der Waals surface area contributed by atoms with Gasteiger partial charge in [-0.05, 0) is 63.5 Å². The van der Waals surface area contributed by atoms with Gasteiger partial charge in [0.15, 0.2) is 0 Å². The normalized spacial score (nSPS) is 38.0. The summed E-state index contributed by atoms with van der Waals surface area (Å²) in [5.74, 6) is 2.20. The van der Waals surface area contributed by atoms with Gasteiger partial charge in [0.05, 0.1) is 0 Å². The molecule has 1 heterocycles. The van der Waals surface area contributed by atoms with E-state index in [2.05, 4.69) is 17.1 Å². The average Bonchev–Trinajstić information content (AvgIpc) is 3.26. The van der Waals surface area contributed by atoms with Crippen molar-refractivity contribution in [2.45, 2.75) is 70.4 Å². The van der Waals surface area contributed by atoms with Crippen molar-refractivity contribution in [3.8, 4) is 0 Å². The van der Waals surface area contributed by atoms with Gasteiger partial charge in [0.2, 0.25) is 0 Å². The molecule has 0 aromatic carbocycles. The highest BCUT2D eigenvalue weighted by Gasteiger charge is 2.37. The standard InChI is InChI=1S/C16H30N2/c1-2-18(16-7-4-10-17-12-16)15-6-3-5-14(11-15)13-8-9-13/h13-17H,2-12H2,1H3. The number of nitrogens with zero attached hydrogens (tertiary/aromatic N) is 1. The van der Waals surface area contributed by atoms with Gasteiger partial charge >= 0.3 is 0 Å². The second kappa shape index (κ2) is 5.92. The van der Waals surface area contributed by atoms with Gasteiger partial charge in [-0.2, -0.15) is 0 Å². The predicted octanol–water partition coefficient (Wildman–Crippen LogP) is 3.03. The molecule has 3 unspecified atom stereocenters. The van der Waals surface area contributed by atoms with E-state index in [9.17, 15) is 0 Å². The lowest BCUT2D eigenvalue weighted by Crippen LogP contribution is -2.51. The van der Waals surface area contributed by atoms with Gasteiger partial charge in [-0.25, -0.2) is 0 Å². The van der Waals surface area contributed by atoms with E-state index in [4.69, 9.17) is 0 Å². The molecule has 2 saturated carbocycles. The summed E-state index contributed by atoms with van der Waals surface area (Å²) in [4.78, 5) is 2.85. The second-order valence-electron chi connectivity index (χ2n) is 6.75. The molecular weight excluding hydrogens is 220 g/mol. The number of nitrogens with one attached hydrogen (secondary N) is 1. The maximum absolute atomic E-state index is 3.59. The van der Waals surface area contributed by atoms with E-state index in [1.54, 1.807) is 0 Å². The Morgan fingerprint density at radius 1 is 0.944 bits per heavy atom. The quantitative estimate of drug-likeness (QED) is 0.825. The van der Waals surface area contributed by atoms with Crippen LogP contribution < -0.4 is 5.32 Å². The molecule has 18 heavy (non-hydrogen) atoms. The first-order valence-corrected chi connectivity index (χ1v) is 8.35. The Morgan fingerprint density at radius 2 is 1.78 bits per heavy atom. The summed E-state index contributed by atoms with van der Waals surface area (Å²) >= 11 is 0. The van der Waals surface area contributed by atoms with Crippen LogP contribution in [0.5, 0.6) is 0 Å². The monoisotopic (exact) mass is 250 g/mol. The third-order valence-corrected chi connectivity index (χ3v) is 5.55. The van der Waals surface area contributed by atoms with Crippen molar-refractivity contribution in [3.05, 3.63) is 0 Å². The Morgan fingerprint density at radius 3 is 2.44 bits per heavy atom. The Balaban J connectivity index is 1.58. The van der Waals surface area contributed by atoms with Crippen molar-refractivity contribution in [3.63, 3.8) is 0 Å². The van der Waals surface area contributed by atoms with Crippen LogP contribution in [-0.2, 0) is 0 Å². The molecule has 0 radical (unpaired) electrons. The fourth-order valence-corrected chi connectivity index (χ4v) is 4.43. The molecular formula is C16H30N2. The molecule has 3 atom stereocenters. The number of rotatable bonds is 4. The summed E-state index contributed by atoms with van der Waals surface area (Å²) in [5.41, 5.74) is 0. The molecule has 0 amide bonds. The first-order chi connectivity index (χ1) is 8.88. The number of likely N-dealkylation sites (N-methyl/N-ethyl adjacent to an activating group) is 1. The van der Waals surface area contributed by atoms with Crippen LogP contribution in [0.3, 0.4) is 0 Å². The Kier molecular flexibility index (Phi) is 4.25. The van der Waals surface area contributed by atoms with Crippen molar-refractivity contribution < 1.29 is 0 Å². The molecule has 3 aliphatic rings. The highest BCUT2D eigenvalue weighted by atomic mass is 15.2. The topological polar surface area (TPSA) is 15.3 Å². The van der Waals surface area contributed by atoms with E-state index in [0.717, 1.165) is 23.9 Å². The zero-order chi connectivity index (χ0) is 12.4. The molecule has 1 saturated heterocycles. The van der Waals surface area contributed by atoms with E-state index < -0.39 is 0 Å². The Bertz CT molecular complexity index is 256. The van der Waals surface area contributed by atoms with Crippen LogP contribution in [0.1, 0.15) is 58.3 Å². The number of hydrogen-bond acceptors (Lipinski definition) is 2. The third-order valence-electron chi connectivity index (χ3n) is 5.55. The van der Waals surface area contributed by atoms with Crippen LogP contribution in [0.4, 0.5) is 0 Å². The molecule has 0 bridgehead atoms. The molecule has 0 aromatic rings. The van der Waals surface area contributed by atoms with Crippen LogP contribution in [0.25, 0.3) is 0 Å². The largest absolute Gasteiger partial charge is 0.315 e. The summed E-state index contributed by atoms with van der Waals surface area (Å²) < 4.78 is 0. The lowest BCUT2D eigenvalue weighted by molar-refractivity contribution is 0.0733. The molecule has 2 nitrogen and oxygen atoms in total. The van der Waals surface area contributed by atoms with Crippen LogP contribution in [-0.4, -0.2) is 36.6 Å². The Hall–Kier alpha value is -0.0800. The van der Waals surface area contributed by atoms with E-state index in [1.807, 2.05) is 0 Å². The van der Waals surface area contributed by atoms with E-state index >= 15 is 0 Å². The van der Waals surface area contributed by atoms with Gasteiger partial charge in [-0.15, -0.1) is 0 Å². The highest BCUT2D eigenvalue weighted by molar-refractivity contribution is 4.91. The summed E-state index contributed by atoms with van der Waals surface area (Å²) in [6.45, 7) is 6.10. The summed E-state index contributed by atoms with van der Waals surface area (Å²) in [6, 6.07) is 1.73. The summed E-state index contributed by atoms with van der Waals surface area (Å²) in [6.07, 6.45) is 11.9. The molecule has 104 valence electrons. The first-order valence-electron chi connectivity index (χ1n) is 8.35. The maximum atomic E-state index is 3.59. The van der Waals surface area contributed by atoms with Crippen molar-refractivity contribution in [1.29, 1.82) is 0 Å². The van der Waals surface area contributed by atoms with Gasteiger partial charge in [0.1, 0.15) is 0 Å². The third kappa shape index (κ3) is 2.91. The Labute approximate surface area is 113 Å². The van der Waals surface area contributed by atoms with E-state index in [1.165, 1.54) is 71.0 Å². The molecule has 2 heteroatoms. The predicted molar refractivity (Wildman–Crippen MR) is 76.7 cm³/mol. The van der Waals surface area contributed by atoms with Crippen LogP contribution >= 0.6 is 0 Å². The number of hydrogen-bond donors (Lipinski definition) is 1. The minimum Gasteiger partial charge on any atom is -0.315 e. The smallest absolute Gasteiger partial charge is 0.0223 e. The van der Waals surface area contributed by atoms with Crippen molar-refractivity contribution in [1.82, 2.24) is 10.2 Å². The van der Waals surface area contributed by atoms with E-state index in [-0.39, 0.29) is 0 Å². The van der Waals surface area contributed by atoms with E-state index in [0.29, 0.717) is 0 Å². The van der Waals surface area contributed by atoms with Crippen molar-refractivity contribution in [2.75, 3.05) is 19.6 Å². The summed E-state index contributed by atoms with van der Waals surface area (Å²) in [5, 5.41) is 3.59. The second-order valence-corrected chi connectivity index (χ2v) is 6.75. The molecule has 3 rings (SSSR count). The van der Waals surface area contributed by atoms with Gasteiger partial charge in [-0.3, -0.25) is 4.90 Å². The van der Waals surface area contributed by atoms with Gasteiger partial charge < -0.3 is 5.32 Å². The highest BCUT2D eigenvalue weighted by Crippen LogP contribution is 2.45. The molecule has 3 fully saturated rings. The van der Waals surface area contributed by atoms with Crippen LogP contribution in [0.2, 0.25) is 0 Å². The first kappa shape index (κ1) is 12.9. The fraction of sp³-hybridized carbons (Fsp3) is 1.00. The molecule has 2 aliphatic carbocycles. The lowest BCUT2D eigenvalue weighted by atomic mass is 9.81. The molecule has 1 N–H and O–H groups in total. The van der Waals surface area contributed by atoms with Gasteiger partial charge in [-0.1, -0.05) is 19.8 Å². The maximum Gasteiger partial charge on any atom is 0.0223 e. The SMILES string of the molecule is CCN(C1CCCNC1)C1CCCC(C2CC2)C1. The van der Waals surface area contributed by atoms with Crippen molar-refractivity contribution >= 4 is 0 Å². The van der Waals surface area contributed by atoms with Crippen molar-refractivity contribution in [2.24, 2.45) is 11.8 Å².